The molecule has 0 spiro atoms. The highest BCUT2D eigenvalue weighted by atomic mass is 35.5. The number of carbonyl (C=O) groups excluding carboxylic acids is 1. The lowest BCUT2D eigenvalue weighted by Crippen LogP contribution is -2.06. The number of halogens is 4. The third-order valence-electron chi connectivity index (χ3n) is 2.05. The van der Waals surface area contributed by atoms with Crippen LogP contribution in [0.2, 0.25) is 15.1 Å². The number of ether oxygens (including phenoxy) is 1. The van der Waals surface area contributed by atoms with E-state index in [-0.39, 0.29) is 12.4 Å². The highest BCUT2D eigenvalue weighted by molar-refractivity contribution is 6.64. The maximum atomic E-state index is 10.6. The molecule has 0 amide bonds. The van der Waals surface area contributed by atoms with E-state index in [0.29, 0.717) is 26.2 Å². The Morgan fingerprint density at radius 2 is 1.50 bits per heavy atom. The largest absolute Gasteiger partial charge is 0.481 e. The summed E-state index contributed by atoms with van der Waals surface area (Å²) < 4.78 is 5.14. The molecule has 0 radical (unpaired) electrons. The fraction of sp³-hybridized carbons (Fsp3) is 0.300. The lowest BCUT2D eigenvalue weighted by atomic mass is 10.1. The molecular weight excluding hydrogens is 294 g/mol. The van der Waals surface area contributed by atoms with Crippen molar-refractivity contribution in [1.82, 2.24) is 0 Å². The molecule has 6 heteroatoms. The topological polar surface area (TPSA) is 26.3 Å². The van der Waals surface area contributed by atoms with Gasteiger partial charge >= 0.3 is 0 Å². The molecule has 1 aromatic carbocycles. The third-order valence-corrected chi connectivity index (χ3v) is 3.63. The summed E-state index contributed by atoms with van der Waals surface area (Å²) in [5.41, 5.74) is 1.31. The van der Waals surface area contributed by atoms with Gasteiger partial charge in [-0.2, -0.15) is 0 Å². The summed E-state index contributed by atoms with van der Waals surface area (Å²) in [5, 5.41) is 0.439. The van der Waals surface area contributed by atoms with Crippen LogP contribution in [0.4, 0.5) is 0 Å². The molecule has 1 aromatic rings. The molecule has 1 rings (SSSR count). The highest BCUT2D eigenvalue weighted by Crippen LogP contribution is 2.42. The Morgan fingerprint density at radius 3 is 1.88 bits per heavy atom. The molecule has 0 unspecified atom stereocenters. The standard InChI is InChI=1S/C10H8Cl4O2/c1-4-7(12)5(2)9(14)10(8(4)13)16-3-6(11)15/h3H2,1-2H3. The molecular formula is C10H8Cl4O2. The lowest BCUT2D eigenvalue weighted by molar-refractivity contribution is -0.113. The zero-order chi connectivity index (χ0) is 12.5. The molecule has 0 aliphatic rings. The SMILES string of the molecule is Cc1c(Cl)c(C)c(Cl)c(OCC(=O)Cl)c1Cl. The summed E-state index contributed by atoms with van der Waals surface area (Å²) >= 11 is 23.2. The van der Waals surface area contributed by atoms with E-state index in [1.807, 2.05) is 0 Å². The van der Waals surface area contributed by atoms with Crippen LogP contribution < -0.4 is 4.74 Å². The van der Waals surface area contributed by atoms with Crippen molar-refractivity contribution in [3.8, 4) is 5.75 Å². The van der Waals surface area contributed by atoms with Crippen LogP contribution in [0.3, 0.4) is 0 Å². The minimum atomic E-state index is -0.627. The summed E-state index contributed by atoms with van der Waals surface area (Å²) in [6.07, 6.45) is 0. The molecule has 0 N–H and O–H groups in total. The minimum Gasteiger partial charge on any atom is -0.481 e. The quantitative estimate of drug-likeness (QED) is 0.773. The van der Waals surface area contributed by atoms with E-state index in [1.165, 1.54) is 0 Å². The van der Waals surface area contributed by atoms with Crippen LogP contribution in [0.25, 0.3) is 0 Å². The Labute approximate surface area is 113 Å². The van der Waals surface area contributed by atoms with Crippen molar-refractivity contribution in [3.63, 3.8) is 0 Å². The van der Waals surface area contributed by atoms with Gasteiger partial charge in [-0.1, -0.05) is 34.8 Å². The molecule has 0 heterocycles. The van der Waals surface area contributed by atoms with Gasteiger partial charge in [0.25, 0.3) is 5.24 Å². The van der Waals surface area contributed by atoms with Gasteiger partial charge in [-0.05, 0) is 36.6 Å². The molecule has 16 heavy (non-hydrogen) atoms. The van der Waals surface area contributed by atoms with E-state index in [4.69, 9.17) is 51.1 Å². The van der Waals surface area contributed by atoms with Crippen molar-refractivity contribution in [3.05, 3.63) is 26.2 Å². The van der Waals surface area contributed by atoms with Gasteiger partial charge in [0.1, 0.15) is 0 Å². The van der Waals surface area contributed by atoms with Crippen LogP contribution in [0.1, 0.15) is 11.1 Å². The maximum Gasteiger partial charge on any atom is 0.259 e. The van der Waals surface area contributed by atoms with E-state index in [2.05, 4.69) is 0 Å². The smallest absolute Gasteiger partial charge is 0.259 e. The number of carbonyl (C=O) groups is 1. The predicted octanol–water partition coefficient (Wildman–Crippen LogP) is 4.41. The van der Waals surface area contributed by atoms with Crippen LogP contribution >= 0.6 is 46.4 Å². The first kappa shape index (κ1) is 13.9. The van der Waals surface area contributed by atoms with Gasteiger partial charge < -0.3 is 4.74 Å². The third kappa shape index (κ3) is 2.75. The summed E-state index contributed by atoms with van der Waals surface area (Å²) in [6, 6.07) is 0. The Balaban J connectivity index is 3.23. The Bertz CT molecular complexity index is 414. The fourth-order valence-electron chi connectivity index (χ4n) is 1.17. The first-order chi connectivity index (χ1) is 7.36. The van der Waals surface area contributed by atoms with E-state index in [0.717, 1.165) is 0 Å². The minimum absolute atomic E-state index is 0.233. The average molecular weight is 302 g/mol. The summed E-state index contributed by atoms with van der Waals surface area (Å²) in [6.45, 7) is 3.19. The van der Waals surface area contributed by atoms with Crippen LogP contribution in [-0.2, 0) is 4.79 Å². The van der Waals surface area contributed by atoms with E-state index >= 15 is 0 Å². The van der Waals surface area contributed by atoms with Crippen LogP contribution in [0.5, 0.6) is 5.75 Å². The van der Waals surface area contributed by atoms with Gasteiger partial charge in [0, 0.05) is 5.02 Å². The first-order valence-corrected chi connectivity index (χ1v) is 5.82. The maximum absolute atomic E-state index is 10.6. The van der Waals surface area contributed by atoms with Gasteiger partial charge in [-0.25, -0.2) is 0 Å². The van der Waals surface area contributed by atoms with Gasteiger partial charge in [-0.15, -0.1) is 0 Å². The fourth-order valence-corrected chi connectivity index (χ4v) is 2.04. The predicted molar refractivity (Wildman–Crippen MR) is 67.3 cm³/mol. The molecule has 0 saturated heterocycles. The molecule has 0 atom stereocenters. The van der Waals surface area contributed by atoms with Crippen molar-refractivity contribution < 1.29 is 9.53 Å². The summed E-state index contributed by atoms with van der Waals surface area (Å²) in [7, 11) is 0. The molecule has 0 aliphatic heterocycles. The molecule has 2 nitrogen and oxygen atoms in total. The number of hydrogen-bond donors (Lipinski definition) is 0. The lowest BCUT2D eigenvalue weighted by Gasteiger charge is -2.14. The second kappa shape index (κ2) is 5.46. The summed E-state index contributed by atoms with van der Waals surface area (Å²) in [5.74, 6) is 0.233. The zero-order valence-electron chi connectivity index (χ0n) is 8.54. The molecule has 0 aromatic heterocycles. The van der Waals surface area contributed by atoms with Gasteiger partial charge in [0.05, 0.1) is 10.0 Å². The van der Waals surface area contributed by atoms with Crippen molar-refractivity contribution in [2.24, 2.45) is 0 Å². The van der Waals surface area contributed by atoms with Gasteiger partial charge in [-0.3, -0.25) is 4.79 Å². The molecule has 0 bridgehead atoms. The van der Waals surface area contributed by atoms with Crippen molar-refractivity contribution in [1.29, 1.82) is 0 Å². The number of hydrogen-bond acceptors (Lipinski definition) is 2. The van der Waals surface area contributed by atoms with Crippen LogP contribution in [-0.4, -0.2) is 11.8 Å². The first-order valence-electron chi connectivity index (χ1n) is 4.31. The number of rotatable bonds is 3. The van der Waals surface area contributed by atoms with Crippen LogP contribution in [0, 0.1) is 13.8 Å². The Morgan fingerprint density at radius 1 is 1.06 bits per heavy atom. The van der Waals surface area contributed by atoms with Gasteiger partial charge in [0.2, 0.25) is 0 Å². The normalized spacial score (nSPS) is 10.4. The van der Waals surface area contributed by atoms with Crippen molar-refractivity contribution in [2.45, 2.75) is 13.8 Å². The van der Waals surface area contributed by atoms with Crippen molar-refractivity contribution in [2.75, 3.05) is 6.61 Å². The monoisotopic (exact) mass is 300 g/mol. The summed E-state index contributed by atoms with van der Waals surface area (Å²) in [4.78, 5) is 10.6. The Hall–Kier alpha value is -0.150. The zero-order valence-corrected chi connectivity index (χ0v) is 11.6. The van der Waals surface area contributed by atoms with E-state index in [1.54, 1.807) is 13.8 Å². The molecule has 0 saturated carbocycles. The average Bonchev–Trinajstić information content (AvgIpc) is 2.23. The number of benzene rings is 1. The van der Waals surface area contributed by atoms with E-state index < -0.39 is 5.24 Å². The van der Waals surface area contributed by atoms with Crippen LogP contribution in [0.15, 0.2) is 0 Å². The van der Waals surface area contributed by atoms with E-state index in [9.17, 15) is 4.79 Å². The van der Waals surface area contributed by atoms with Crippen molar-refractivity contribution >= 4 is 51.6 Å². The Kier molecular flexibility index (Phi) is 4.74. The second-order valence-electron chi connectivity index (χ2n) is 3.16. The van der Waals surface area contributed by atoms with Gasteiger partial charge in [0.15, 0.2) is 12.4 Å². The second-order valence-corrected chi connectivity index (χ2v) is 4.72. The molecule has 88 valence electrons. The highest BCUT2D eigenvalue weighted by Gasteiger charge is 2.18. The molecule has 0 aliphatic carbocycles. The molecule has 0 fully saturated rings.